The molecule has 1 unspecified atom stereocenters. The number of rotatable bonds is 10. The van der Waals surface area contributed by atoms with Crippen LogP contribution in [0.4, 0.5) is 0 Å². The van der Waals surface area contributed by atoms with Crippen LogP contribution in [-0.4, -0.2) is 13.3 Å². The van der Waals surface area contributed by atoms with Gasteiger partial charge in [0.1, 0.15) is 0 Å². The molecule has 0 N–H and O–H groups in total. The normalized spacial score (nSPS) is 14.2. The van der Waals surface area contributed by atoms with Gasteiger partial charge in [0.15, 0.2) is 0 Å². The van der Waals surface area contributed by atoms with Gasteiger partial charge in [0.25, 0.3) is 0 Å². The number of unbranched alkanes of at least 4 members (excludes halogenated alkanes) is 6. The summed E-state index contributed by atoms with van der Waals surface area (Å²) in [4.78, 5) is 0. The highest BCUT2D eigenvalue weighted by Crippen LogP contribution is 2.45. The average molecular weight is 282 g/mol. The van der Waals surface area contributed by atoms with E-state index in [1.54, 1.807) is 7.11 Å². The van der Waals surface area contributed by atoms with E-state index in [4.69, 9.17) is 4.52 Å². The number of hydrogen-bond acceptors (Lipinski definition) is 2. The Morgan fingerprint density at radius 2 is 1.53 bits per heavy atom. The maximum Gasteiger partial charge on any atom is 0.231 e. The summed E-state index contributed by atoms with van der Waals surface area (Å²) in [6.45, 7) is 2.23. The molecule has 19 heavy (non-hydrogen) atoms. The minimum atomic E-state index is -2.61. The molecule has 0 aliphatic heterocycles. The van der Waals surface area contributed by atoms with E-state index >= 15 is 0 Å². The molecule has 108 valence electrons. The van der Waals surface area contributed by atoms with Crippen molar-refractivity contribution in [2.24, 2.45) is 0 Å². The van der Waals surface area contributed by atoms with Crippen molar-refractivity contribution in [3.05, 3.63) is 30.3 Å². The van der Waals surface area contributed by atoms with Gasteiger partial charge >= 0.3 is 0 Å². The van der Waals surface area contributed by atoms with E-state index in [1.165, 1.54) is 32.1 Å². The van der Waals surface area contributed by atoms with Crippen LogP contribution in [0.25, 0.3) is 0 Å². The molecule has 0 bridgehead atoms. The quantitative estimate of drug-likeness (QED) is 0.446. The standard InChI is InChI=1S/C16H27O2P/c1-3-4-5-6-7-8-12-15-19(17,18-2)16-13-10-9-11-14-16/h9-11,13-14H,3-8,12,15H2,1-2H3. The fourth-order valence-corrected chi connectivity index (χ4v) is 4.18. The Hall–Kier alpha value is -0.590. The smallest absolute Gasteiger partial charge is 0.231 e. The van der Waals surface area contributed by atoms with Gasteiger partial charge in [-0.25, -0.2) is 0 Å². The lowest BCUT2D eigenvalue weighted by Gasteiger charge is -2.16. The summed E-state index contributed by atoms with van der Waals surface area (Å²) in [7, 11) is -1.05. The lowest BCUT2D eigenvalue weighted by molar-refractivity contribution is 0.401. The molecule has 0 aliphatic carbocycles. The molecule has 0 aromatic heterocycles. The molecule has 2 nitrogen and oxygen atoms in total. The molecular weight excluding hydrogens is 255 g/mol. The van der Waals surface area contributed by atoms with Crippen molar-refractivity contribution in [2.45, 2.75) is 51.9 Å². The fourth-order valence-electron chi connectivity index (χ4n) is 2.26. The third-order valence-electron chi connectivity index (χ3n) is 3.50. The van der Waals surface area contributed by atoms with Gasteiger partial charge in [-0.2, -0.15) is 0 Å². The summed E-state index contributed by atoms with van der Waals surface area (Å²) in [5, 5.41) is 0.850. The predicted molar refractivity (Wildman–Crippen MR) is 83.6 cm³/mol. The maximum absolute atomic E-state index is 12.7. The van der Waals surface area contributed by atoms with Crippen LogP contribution >= 0.6 is 7.37 Å². The molecule has 0 saturated heterocycles. The first kappa shape index (κ1) is 16.5. The van der Waals surface area contributed by atoms with Crippen molar-refractivity contribution in [3.8, 4) is 0 Å². The van der Waals surface area contributed by atoms with Gasteiger partial charge in [0, 0.05) is 18.6 Å². The highest BCUT2D eigenvalue weighted by molar-refractivity contribution is 7.66. The molecule has 1 atom stereocenters. The Morgan fingerprint density at radius 3 is 2.11 bits per heavy atom. The highest BCUT2D eigenvalue weighted by Gasteiger charge is 2.23. The van der Waals surface area contributed by atoms with E-state index in [0.717, 1.165) is 18.1 Å². The van der Waals surface area contributed by atoms with Crippen molar-refractivity contribution in [1.29, 1.82) is 0 Å². The summed E-state index contributed by atoms with van der Waals surface area (Å²) in [6.07, 6.45) is 9.32. The summed E-state index contributed by atoms with van der Waals surface area (Å²) < 4.78 is 18.0. The van der Waals surface area contributed by atoms with Crippen LogP contribution in [-0.2, 0) is 9.09 Å². The monoisotopic (exact) mass is 282 g/mol. The molecule has 0 fully saturated rings. The minimum Gasteiger partial charge on any atom is -0.329 e. The predicted octanol–water partition coefficient (Wildman–Crippen LogP) is 4.99. The second-order valence-corrected chi connectivity index (χ2v) is 7.71. The third kappa shape index (κ3) is 5.93. The van der Waals surface area contributed by atoms with E-state index in [0.29, 0.717) is 6.16 Å². The first-order chi connectivity index (χ1) is 9.23. The Morgan fingerprint density at radius 1 is 0.947 bits per heavy atom. The maximum atomic E-state index is 12.7. The van der Waals surface area contributed by atoms with Crippen molar-refractivity contribution in [2.75, 3.05) is 13.3 Å². The Kier molecular flexibility index (Phi) is 8.09. The third-order valence-corrected chi connectivity index (χ3v) is 6.08. The molecule has 0 heterocycles. The Balaban J connectivity index is 2.31. The topological polar surface area (TPSA) is 26.3 Å². The summed E-state index contributed by atoms with van der Waals surface area (Å²) in [6, 6.07) is 9.60. The molecule has 1 aromatic rings. The van der Waals surface area contributed by atoms with Crippen molar-refractivity contribution in [3.63, 3.8) is 0 Å². The Labute approximate surface area is 118 Å². The summed E-state index contributed by atoms with van der Waals surface area (Å²) in [5.74, 6) is 0. The molecule has 0 aliphatic rings. The first-order valence-electron chi connectivity index (χ1n) is 7.43. The van der Waals surface area contributed by atoms with Gasteiger partial charge in [-0.15, -0.1) is 0 Å². The van der Waals surface area contributed by atoms with Crippen LogP contribution < -0.4 is 5.30 Å². The highest BCUT2D eigenvalue weighted by atomic mass is 31.2. The van der Waals surface area contributed by atoms with E-state index < -0.39 is 7.37 Å². The molecule has 1 aromatic carbocycles. The van der Waals surface area contributed by atoms with Crippen molar-refractivity contribution < 1.29 is 9.09 Å². The second-order valence-electron chi connectivity index (χ2n) is 5.04. The molecular formula is C16H27O2P. The van der Waals surface area contributed by atoms with Crippen LogP contribution in [0.3, 0.4) is 0 Å². The van der Waals surface area contributed by atoms with Gasteiger partial charge in [0.05, 0.1) is 0 Å². The first-order valence-corrected chi connectivity index (χ1v) is 9.24. The largest absolute Gasteiger partial charge is 0.329 e. The SMILES string of the molecule is CCCCCCCCCP(=O)(OC)c1ccccc1. The average Bonchev–Trinajstić information content (AvgIpc) is 2.47. The zero-order valence-electron chi connectivity index (χ0n) is 12.3. The second kappa shape index (κ2) is 9.34. The summed E-state index contributed by atoms with van der Waals surface area (Å²) in [5.41, 5.74) is 0. The van der Waals surface area contributed by atoms with E-state index in [2.05, 4.69) is 6.92 Å². The Bertz CT molecular complexity index is 376. The lowest BCUT2D eigenvalue weighted by atomic mass is 10.1. The minimum absolute atomic E-state index is 0.668. The zero-order chi connectivity index (χ0) is 14.0. The number of hydrogen-bond donors (Lipinski definition) is 0. The van der Waals surface area contributed by atoms with Crippen LogP contribution in [0.15, 0.2) is 30.3 Å². The van der Waals surface area contributed by atoms with Gasteiger partial charge in [-0.05, 0) is 18.6 Å². The molecule has 0 saturated carbocycles. The van der Waals surface area contributed by atoms with Gasteiger partial charge < -0.3 is 4.52 Å². The van der Waals surface area contributed by atoms with Gasteiger partial charge in [-0.1, -0.05) is 63.6 Å². The molecule has 0 radical (unpaired) electrons. The van der Waals surface area contributed by atoms with Crippen LogP contribution in [0.2, 0.25) is 0 Å². The van der Waals surface area contributed by atoms with E-state index in [1.807, 2.05) is 30.3 Å². The number of benzene rings is 1. The van der Waals surface area contributed by atoms with Crippen LogP contribution in [0, 0.1) is 0 Å². The summed E-state index contributed by atoms with van der Waals surface area (Å²) >= 11 is 0. The molecule has 0 spiro atoms. The zero-order valence-corrected chi connectivity index (χ0v) is 13.2. The van der Waals surface area contributed by atoms with Gasteiger partial charge in [0.2, 0.25) is 7.37 Å². The van der Waals surface area contributed by atoms with Gasteiger partial charge in [-0.3, -0.25) is 4.57 Å². The van der Waals surface area contributed by atoms with E-state index in [-0.39, 0.29) is 0 Å². The van der Waals surface area contributed by atoms with Crippen molar-refractivity contribution in [1.82, 2.24) is 0 Å². The van der Waals surface area contributed by atoms with Crippen LogP contribution in [0.5, 0.6) is 0 Å². The fraction of sp³-hybridized carbons (Fsp3) is 0.625. The van der Waals surface area contributed by atoms with Crippen molar-refractivity contribution >= 4 is 12.7 Å². The molecule has 3 heteroatoms. The van der Waals surface area contributed by atoms with Crippen LogP contribution in [0.1, 0.15) is 51.9 Å². The lowest BCUT2D eigenvalue weighted by Crippen LogP contribution is -2.08. The van der Waals surface area contributed by atoms with E-state index in [9.17, 15) is 4.57 Å². The molecule has 0 amide bonds. The molecule has 1 rings (SSSR count).